The number of ketones is 1. The summed E-state index contributed by atoms with van der Waals surface area (Å²) in [5, 5.41) is 9.10. The summed E-state index contributed by atoms with van der Waals surface area (Å²) in [5.74, 6) is 7.23. The number of hydrogen-bond acceptors (Lipinski definition) is 4. The van der Waals surface area contributed by atoms with Crippen molar-refractivity contribution < 1.29 is 24.2 Å². The van der Waals surface area contributed by atoms with Gasteiger partial charge in [-0.15, -0.1) is 0 Å². The second-order valence-corrected chi connectivity index (χ2v) is 8.67. The van der Waals surface area contributed by atoms with Gasteiger partial charge in [-0.05, 0) is 80.5 Å². The Morgan fingerprint density at radius 3 is 2.47 bits per heavy atom. The van der Waals surface area contributed by atoms with E-state index in [4.69, 9.17) is 14.6 Å². The second-order valence-electron chi connectivity index (χ2n) is 8.67. The number of Topliss-reactive ketones (excluding diaryl/α,β-unsaturated/α-hetero) is 1. The SMILES string of the molecule is COc1ccc(C2(C#Cc3ccc(C(=O)O)cc3)CCCC(=O)C2)cc1OC1CCCC1. The fourth-order valence-electron chi connectivity index (χ4n) is 4.67. The Kier molecular flexibility index (Phi) is 6.50. The molecule has 2 aromatic carbocycles. The molecule has 2 aromatic rings. The van der Waals surface area contributed by atoms with E-state index >= 15 is 0 Å². The number of hydrogen-bond donors (Lipinski definition) is 1. The van der Waals surface area contributed by atoms with Crippen LogP contribution in [0.25, 0.3) is 0 Å². The third-order valence-electron chi connectivity index (χ3n) is 6.45. The van der Waals surface area contributed by atoms with Crippen LogP contribution in [-0.2, 0) is 10.2 Å². The Morgan fingerprint density at radius 1 is 1.06 bits per heavy atom. The Bertz CT molecular complexity index is 1050. The van der Waals surface area contributed by atoms with E-state index in [0.717, 1.165) is 36.8 Å². The van der Waals surface area contributed by atoms with Gasteiger partial charge in [0, 0.05) is 18.4 Å². The van der Waals surface area contributed by atoms with Crippen LogP contribution in [0.2, 0.25) is 0 Å². The first-order valence-electron chi connectivity index (χ1n) is 11.2. The zero-order chi connectivity index (χ0) is 22.6. The summed E-state index contributed by atoms with van der Waals surface area (Å²) in [7, 11) is 1.64. The molecule has 0 bridgehead atoms. The zero-order valence-electron chi connectivity index (χ0n) is 18.4. The van der Waals surface area contributed by atoms with Gasteiger partial charge >= 0.3 is 5.97 Å². The van der Waals surface area contributed by atoms with Gasteiger partial charge in [0.2, 0.25) is 0 Å². The van der Waals surface area contributed by atoms with E-state index in [1.165, 1.54) is 12.8 Å². The van der Waals surface area contributed by atoms with E-state index in [-0.39, 0.29) is 17.5 Å². The van der Waals surface area contributed by atoms with E-state index in [2.05, 4.69) is 11.8 Å². The minimum atomic E-state index is -0.966. The first-order valence-corrected chi connectivity index (χ1v) is 11.2. The standard InChI is InChI=1S/C27H28O5/c1-31-24-13-12-21(17-25(24)32-23-6-2-3-7-23)27(15-4-5-22(28)18-27)16-14-19-8-10-20(11-9-19)26(29)30/h8-13,17,23H,2-7,15,18H2,1H3,(H,29,30). The number of aromatic carboxylic acids is 1. The van der Waals surface area contributed by atoms with E-state index in [1.807, 2.05) is 18.2 Å². The molecule has 0 aliphatic heterocycles. The van der Waals surface area contributed by atoms with Gasteiger partial charge in [0.1, 0.15) is 5.78 Å². The third kappa shape index (κ3) is 4.80. The first kappa shape index (κ1) is 22.0. The highest BCUT2D eigenvalue weighted by molar-refractivity contribution is 5.87. The third-order valence-corrected chi connectivity index (χ3v) is 6.45. The first-order chi connectivity index (χ1) is 15.5. The highest BCUT2D eigenvalue weighted by atomic mass is 16.5. The van der Waals surface area contributed by atoms with Gasteiger partial charge < -0.3 is 14.6 Å². The van der Waals surface area contributed by atoms with Gasteiger partial charge in [-0.3, -0.25) is 4.79 Å². The average molecular weight is 433 g/mol. The predicted molar refractivity (Wildman–Crippen MR) is 121 cm³/mol. The molecule has 0 aromatic heterocycles. The van der Waals surface area contributed by atoms with Crippen LogP contribution < -0.4 is 9.47 Å². The summed E-state index contributed by atoms with van der Waals surface area (Å²) >= 11 is 0. The molecule has 0 radical (unpaired) electrons. The topological polar surface area (TPSA) is 72.8 Å². The van der Waals surface area contributed by atoms with Gasteiger partial charge in [-0.25, -0.2) is 4.79 Å². The molecule has 4 rings (SSSR count). The zero-order valence-corrected chi connectivity index (χ0v) is 18.4. The van der Waals surface area contributed by atoms with Crippen LogP contribution in [0.5, 0.6) is 11.5 Å². The van der Waals surface area contributed by atoms with Gasteiger partial charge in [-0.1, -0.05) is 17.9 Å². The van der Waals surface area contributed by atoms with Crippen LogP contribution in [0.3, 0.4) is 0 Å². The summed E-state index contributed by atoms with van der Waals surface area (Å²) in [4.78, 5) is 23.6. The molecule has 32 heavy (non-hydrogen) atoms. The largest absolute Gasteiger partial charge is 0.493 e. The average Bonchev–Trinajstić information content (AvgIpc) is 3.31. The quantitative estimate of drug-likeness (QED) is 0.662. The van der Waals surface area contributed by atoms with E-state index < -0.39 is 11.4 Å². The van der Waals surface area contributed by atoms with Gasteiger partial charge in [0.15, 0.2) is 11.5 Å². The lowest BCUT2D eigenvalue weighted by atomic mass is 9.69. The van der Waals surface area contributed by atoms with Crippen molar-refractivity contribution in [3.63, 3.8) is 0 Å². The van der Waals surface area contributed by atoms with E-state index in [1.54, 1.807) is 31.4 Å². The summed E-state index contributed by atoms with van der Waals surface area (Å²) in [5.41, 5.74) is 1.32. The summed E-state index contributed by atoms with van der Waals surface area (Å²) in [6, 6.07) is 12.4. The lowest BCUT2D eigenvalue weighted by Gasteiger charge is -2.33. The van der Waals surface area contributed by atoms with Gasteiger partial charge in [-0.2, -0.15) is 0 Å². The number of rotatable bonds is 5. The normalized spacial score (nSPS) is 21.0. The molecule has 2 fully saturated rings. The Labute approximate surface area is 188 Å². The van der Waals surface area contributed by atoms with Crippen molar-refractivity contribution in [1.82, 2.24) is 0 Å². The highest BCUT2D eigenvalue weighted by Crippen LogP contribution is 2.42. The van der Waals surface area contributed by atoms with Crippen molar-refractivity contribution in [1.29, 1.82) is 0 Å². The van der Waals surface area contributed by atoms with Crippen molar-refractivity contribution in [2.45, 2.75) is 62.9 Å². The minimum absolute atomic E-state index is 0.196. The van der Waals surface area contributed by atoms with Crippen LogP contribution in [0.4, 0.5) is 0 Å². The fourth-order valence-corrected chi connectivity index (χ4v) is 4.67. The molecule has 166 valence electrons. The number of carbonyl (C=O) groups is 2. The molecule has 0 saturated heterocycles. The molecule has 1 atom stereocenters. The molecule has 0 amide bonds. The maximum absolute atomic E-state index is 12.5. The van der Waals surface area contributed by atoms with Crippen LogP contribution in [-0.4, -0.2) is 30.1 Å². The monoisotopic (exact) mass is 432 g/mol. The van der Waals surface area contributed by atoms with Crippen LogP contribution >= 0.6 is 0 Å². The Morgan fingerprint density at radius 2 is 1.81 bits per heavy atom. The fraction of sp³-hybridized carbons (Fsp3) is 0.407. The van der Waals surface area contributed by atoms with Gasteiger partial charge in [0.25, 0.3) is 0 Å². The molecule has 1 N–H and O–H groups in total. The Balaban J connectivity index is 1.70. The number of methoxy groups -OCH3 is 1. The number of carboxylic acids is 1. The summed E-state index contributed by atoms with van der Waals surface area (Å²) < 4.78 is 11.8. The number of benzene rings is 2. The summed E-state index contributed by atoms with van der Waals surface area (Å²) in [6.07, 6.45) is 7.16. The van der Waals surface area contributed by atoms with Crippen molar-refractivity contribution in [2.24, 2.45) is 0 Å². The highest BCUT2D eigenvalue weighted by Gasteiger charge is 2.37. The number of carboxylic acid groups (broad SMARTS) is 1. The molecule has 0 heterocycles. The molecule has 2 aliphatic carbocycles. The molecule has 0 spiro atoms. The minimum Gasteiger partial charge on any atom is -0.493 e. The molecular formula is C27H28O5. The maximum Gasteiger partial charge on any atom is 0.335 e. The van der Waals surface area contributed by atoms with Crippen molar-refractivity contribution in [3.05, 3.63) is 59.2 Å². The van der Waals surface area contributed by atoms with Gasteiger partial charge in [0.05, 0.1) is 24.2 Å². The van der Waals surface area contributed by atoms with Crippen molar-refractivity contribution in [2.75, 3.05) is 7.11 Å². The maximum atomic E-state index is 12.5. The van der Waals surface area contributed by atoms with Crippen LogP contribution in [0.1, 0.15) is 72.9 Å². The second kappa shape index (κ2) is 9.48. The number of ether oxygens (including phenoxy) is 2. The molecule has 5 heteroatoms. The smallest absolute Gasteiger partial charge is 0.335 e. The molecule has 2 saturated carbocycles. The predicted octanol–water partition coefficient (Wildman–Crippen LogP) is 5.15. The molecule has 2 aliphatic rings. The lowest BCUT2D eigenvalue weighted by molar-refractivity contribution is -0.121. The molecular weight excluding hydrogens is 404 g/mol. The molecule has 1 unspecified atom stereocenters. The Hall–Kier alpha value is -3.26. The van der Waals surface area contributed by atoms with Crippen molar-refractivity contribution in [3.8, 4) is 23.3 Å². The van der Waals surface area contributed by atoms with Crippen LogP contribution in [0.15, 0.2) is 42.5 Å². The molecule has 5 nitrogen and oxygen atoms in total. The number of carbonyl (C=O) groups excluding carboxylic acids is 1. The lowest BCUT2D eigenvalue weighted by Crippen LogP contribution is -2.32. The van der Waals surface area contributed by atoms with E-state index in [0.29, 0.717) is 24.3 Å². The van der Waals surface area contributed by atoms with E-state index in [9.17, 15) is 9.59 Å². The van der Waals surface area contributed by atoms with Crippen molar-refractivity contribution >= 4 is 11.8 Å². The summed E-state index contributed by atoms with van der Waals surface area (Å²) in [6.45, 7) is 0. The van der Waals surface area contributed by atoms with Crippen LogP contribution in [0, 0.1) is 11.8 Å².